The van der Waals surface area contributed by atoms with Crippen LogP contribution in [-0.4, -0.2) is 18.3 Å². The summed E-state index contributed by atoms with van der Waals surface area (Å²) in [6, 6.07) is 48.0. The summed E-state index contributed by atoms with van der Waals surface area (Å²) in [5.74, 6) is 0. The number of rotatable bonds is 6. The largest absolute Gasteiger partial charge is 0.494 e. The van der Waals surface area contributed by atoms with Crippen LogP contribution in [0.1, 0.15) is 44.4 Å². The molecule has 0 saturated carbocycles. The summed E-state index contributed by atoms with van der Waals surface area (Å²) in [5.41, 5.74) is 11.4. The van der Waals surface area contributed by atoms with Crippen LogP contribution in [0.2, 0.25) is 0 Å². The number of para-hydroxylation sites is 4. The van der Waals surface area contributed by atoms with Crippen molar-refractivity contribution in [3.63, 3.8) is 0 Å². The predicted octanol–water partition coefficient (Wildman–Crippen LogP) is 11.7. The summed E-state index contributed by atoms with van der Waals surface area (Å²) >= 11 is 0. The summed E-state index contributed by atoms with van der Waals surface area (Å²) < 4.78 is 18.9. The third-order valence-electron chi connectivity index (χ3n) is 10.0. The van der Waals surface area contributed by atoms with Crippen LogP contribution >= 0.6 is 0 Å². The van der Waals surface area contributed by atoms with Crippen LogP contribution in [0.5, 0.6) is 0 Å². The molecule has 1 aromatic heterocycles. The van der Waals surface area contributed by atoms with E-state index in [1.807, 2.05) is 42.5 Å². The number of hydrogen-bond acceptors (Lipinski definition) is 5. The van der Waals surface area contributed by atoms with Crippen LogP contribution < -0.4 is 15.7 Å². The molecule has 256 valence electrons. The molecule has 1 N–H and O–H groups in total. The molecule has 0 radical (unpaired) electrons. The second-order valence-electron chi connectivity index (χ2n) is 14.4. The molecule has 2 heterocycles. The van der Waals surface area contributed by atoms with Gasteiger partial charge in [-0.1, -0.05) is 96.6 Å². The third kappa shape index (κ3) is 6.90. The Labute approximate surface area is 302 Å². The van der Waals surface area contributed by atoms with E-state index >= 15 is 0 Å². The van der Waals surface area contributed by atoms with Gasteiger partial charge in [-0.2, -0.15) is 0 Å². The van der Waals surface area contributed by atoms with E-state index in [4.69, 9.17) is 13.7 Å². The van der Waals surface area contributed by atoms with Crippen LogP contribution in [0.15, 0.2) is 144 Å². The number of aryl methyl sites for hydroxylation is 3. The standard InChI is InChI=1S/C30H28BNO3.C15H17N/c1-29(2)30(3,4)35-31(34-29)21-17-19-23(20-18-21)32(22-11-6-5-7-12-22)26-15-10-14-25-24-13-8-9-16-27(24)33-28(25)26;1-11-9-12(2)15(13(3)10-11)16-14-7-5-4-6-8-14/h5-20H,1-4H3;4-10,16H,1-3H3. The Bertz CT molecular complexity index is 2240. The van der Waals surface area contributed by atoms with Gasteiger partial charge in [-0.05, 0) is 114 Å². The fourth-order valence-electron chi connectivity index (χ4n) is 6.72. The van der Waals surface area contributed by atoms with Crippen molar-refractivity contribution in [1.82, 2.24) is 0 Å². The molecule has 8 rings (SSSR count). The molecule has 5 nitrogen and oxygen atoms in total. The normalized spacial score (nSPS) is 14.7. The van der Waals surface area contributed by atoms with Gasteiger partial charge in [-0.3, -0.25) is 0 Å². The monoisotopic (exact) mass is 672 g/mol. The number of hydrogen-bond donors (Lipinski definition) is 1. The van der Waals surface area contributed by atoms with E-state index in [-0.39, 0.29) is 11.2 Å². The molecule has 0 aliphatic carbocycles. The minimum absolute atomic E-state index is 0.372. The molecule has 0 spiro atoms. The van der Waals surface area contributed by atoms with Crippen LogP contribution in [0.3, 0.4) is 0 Å². The van der Waals surface area contributed by atoms with E-state index in [2.05, 4.69) is 156 Å². The van der Waals surface area contributed by atoms with E-state index < -0.39 is 7.12 Å². The molecule has 0 bridgehead atoms. The summed E-state index contributed by atoms with van der Waals surface area (Å²) in [7, 11) is -0.391. The first kappa shape index (κ1) is 34.2. The molecule has 0 atom stereocenters. The molecule has 1 aliphatic rings. The second kappa shape index (κ2) is 13.8. The van der Waals surface area contributed by atoms with Crippen molar-refractivity contribution in [2.75, 3.05) is 10.2 Å². The van der Waals surface area contributed by atoms with Gasteiger partial charge < -0.3 is 23.9 Å². The molecule has 51 heavy (non-hydrogen) atoms. The molecular weight excluding hydrogens is 627 g/mol. The first-order valence-corrected chi connectivity index (χ1v) is 17.6. The molecule has 1 aliphatic heterocycles. The molecular formula is C45H45BN2O3. The summed E-state index contributed by atoms with van der Waals surface area (Å²) in [6.07, 6.45) is 0. The van der Waals surface area contributed by atoms with Gasteiger partial charge in [-0.15, -0.1) is 0 Å². The van der Waals surface area contributed by atoms with Crippen molar-refractivity contribution in [3.05, 3.63) is 156 Å². The molecule has 0 amide bonds. The summed E-state index contributed by atoms with van der Waals surface area (Å²) in [6.45, 7) is 14.7. The zero-order valence-electron chi connectivity index (χ0n) is 30.5. The number of anilines is 5. The highest BCUT2D eigenvalue weighted by Gasteiger charge is 2.51. The SMILES string of the molecule is CC1(C)OB(c2ccc(N(c3ccccc3)c3cccc4c3oc3ccccc34)cc2)OC1(C)C.Cc1cc(C)c(Nc2ccccc2)c(C)c1. The van der Waals surface area contributed by atoms with Crippen molar-refractivity contribution in [3.8, 4) is 0 Å². The first-order valence-electron chi connectivity index (χ1n) is 17.6. The van der Waals surface area contributed by atoms with Gasteiger partial charge in [0.25, 0.3) is 0 Å². The zero-order valence-corrected chi connectivity index (χ0v) is 30.5. The van der Waals surface area contributed by atoms with E-state index in [1.165, 1.54) is 22.4 Å². The lowest BCUT2D eigenvalue weighted by Gasteiger charge is -2.32. The summed E-state index contributed by atoms with van der Waals surface area (Å²) in [4.78, 5) is 2.23. The maximum absolute atomic E-state index is 6.38. The fourth-order valence-corrected chi connectivity index (χ4v) is 6.72. The van der Waals surface area contributed by atoms with Crippen LogP contribution in [0.25, 0.3) is 21.9 Å². The number of benzene rings is 6. The Morgan fingerprint density at radius 3 is 1.76 bits per heavy atom. The van der Waals surface area contributed by atoms with Gasteiger partial charge in [-0.25, -0.2) is 0 Å². The van der Waals surface area contributed by atoms with Gasteiger partial charge in [0.15, 0.2) is 5.58 Å². The van der Waals surface area contributed by atoms with Gasteiger partial charge in [0.05, 0.1) is 16.9 Å². The number of nitrogens with zero attached hydrogens (tertiary/aromatic N) is 1. The van der Waals surface area contributed by atoms with Crippen LogP contribution in [-0.2, 0) is 9.31 Å². The van der Waals surface area contributed by atoms with Gasteiger partial charge in [0.1, 0.15) is 5.58 Å². The van der Waals surface area contributed by atoms with Crippen molar-refractivity contribution < 1.29 is 13.7 Å². The lowest BCUT2D eigenvalue weighted by molar-refractivity contribution is 0.00578. The van der Waals surface area contributed by atoms with Crippen LogP contribution in [0.4, 0.5) is 28.4 Å². The third-order valence-corrected chi connectivity index (χ3v) is 10.0. The van der Waals surface area contributed by atoms with Gasteiger partial charge in [0.2, 0.25) is 0 Å². The van der Waals surface area contributed by atoms with Gasteiger partial charge in [0, 0.05) is 33.5 Å². The Balaban J connectivity index is 0.000000213. The lowest BCUT2D eigenvalue weighted by Crippen LogP contribution is -2.41. The molecule has 6 heteroatoms. The van der Waals surface area contributed by atoms with E-state index in [9.17, 15) is 0 Å². The number of furan rings is 1. The maximum atomic E-state index is 6.38. The van der Waals surface area contributed by atoms with Gasteiger partial charge >= 0.3 is 7.12 Å². The van der Waals surface area contributed by atoms with Crippen LogP contribution in [0, 0.1) is 20.8 Å². The highest BCUT2D eigenvalue weighted by atomic mass is 16.7. The van der Waals surface area contributed by atoms with E-state index in [0.29, 0.717) is 0 Å². The highest BCUT2D eigenvalue weighted by Crippen LogP contribution is 2.42. The predicted molar refractivity (Wildman–Crippen MR) is 214 cm³/mol. The summed E-state index contributed by atoms with van der Waals surface area (Å²) in [5, 5.41) is 5.69. The Morgan fingerprint density at radius 2 is 1.12 bits per heavy atom. The molecule has 1 saturated heterocycles. The molecule has 0 unspecified atom stereocenters. The second-order valence-corrected chi connectivity index (χ2v) is 14.4. The Morgan fingerprint density at radius 1 is 0.569 bits per heavy atom. The number of nitrogens with one attached hydrogen (secondary N) is 1. The number of fused-ring (bicyclic) bond motifs is 3. The minimum Gasteiger partial charge on any atom is -0.454 e. The average molecular weight is 673 g/mol. The van der Waals surface area contributed by atoms with E-state index in [1.54, 1.807) is 0 Å². The van der Waals surface area contributed by atoms with Crippen molar-refractivity contribution in [2.24, 2.45) is 0 Å². The van der Waals surface area contributed by atoms with Crippen molar-refractivity contribution >= 4 is 63.0 Å². The average Bonchev–Trinajstić information content (AvgIpc) is 3.61. The topological polar surface area (TPSA) is 46.9 Å². The zero-order chi connectivity index (χ0) is 35.8. The minimum atomic E-state index is -0.391. The van der Waals surface area contributed by atoms with E-state index in [0.717, 1.165) is 50.2 Å². The lowest BCUT2D eigenvalue weighted by atomic mass is 9.79. The Hall–Kier alpha value is -5.30. The first-order chi connectivity index (χ1) is 24.5. The molecule has 7 aromatic rings. The Kier molecular flexibility index (Phi) is 9.24. The van der Waals surface area contributed by atoms with Crippen molar-refractivity contribution in [1.29, 1.82) is 0 Å². The maximum Gasteiger partial charge on any atom is 0.494 e. The fraction of sp³-hybridized carbons (Fsp3) is 0.200. The smallest absolute Gasteiger partial charge is 0.454 e. The quantitative estimate of drug-likeness (QED) is 0.178. The molecule has 1 fully saturated rings. The molecule has 6 aromatic carbocycles. The van der Waals surface area contributed by atoms with Crippen molar-refractivity contribution in [2.45, 2.75) is 59.7 Å². The highest BCUT2D eigenvalue weighted by molar-refractivity contribution is 6.62.